The molecule has 0 aliphatic carbocycles. The van der Waals surface area contributed by atoms with Crippen LogP contribution < -0.4 is 0 Å². The summed E-state index contributed by atoms with van der Waals surface area (Å²) in [5.41, 5.74) is 3.61. The molecule has 136 valence electrons. The summed E-state index contributed by atoms with van der Waals surface area (Å²) in [5.74, 6) is 0. The van der Waals surface area contributed by atoms with Gasteiger partial charge in [0.05, 0.1) is 23.3 Å². The molecule has 2 aromatic rings. The monoisotopic (exact) mass is 338 g/mol. The predicted molar refractivity (Wildman–Crippen MR) is 110 cm³/mol. The van der Waals surface area contributed by atoms with Gasteiger partial charge in [-0.1, -0.05) is 84.4 Å². The minimum Gasteiger partial charge on any atom is -0.192 e. The van der Waals surface area contributed by atoms with Gasteiger partial charge in [-0.3, -0.25) is 0 Å². The van der Waals surface area contributed by atoms with Crippen molar-refractivity contribution < 1.29 is 0 Å². The van der Waals surface area contributed by atoms with Gasteiger partial charge < -0.3 is 0 Å². The average Bonchev–Trinajstić information content (AvgIpc) is 2.67. The van der Waals surface area contributed by atoms with Gasteiger partial charge >= 0.3 is 0 Å². The van der Waals surface area contributed by atoms with Gasteiger partial charge in [-0.25, -0.2) is 0 Å². The molecule has 25 heavy (non-hydrogen) atoms. The zero-order valence-corrected chi connectivity index (χ0v) is 17.2. The summed E-state index contributed by atoms with van der Waals surface area (Å²) >= 11 is 0. The van der Waals surface area contributed by atoms with Crippen LogP contribution in [-0.2, 0) is 0 Å². The molecule has 0 atom stereocenters. The van der Waals surface area contributed by atoms with Crippen LogP contribution in [0.3, 0.4) is 0 Å². The molecular weight excluding hydrogens is 304 g/mol. The van der Waals surface area contributed by atoms with Crippen molar-refractivity contribution in [2.45, 2.75) is 61.8 Å². The zero-order valence-electron chi connectivity index (χ0n) is 17.2. The van der Waals surface area contributed by atoms with E-state index in [-0.39, 0.29) is 0 Å². The standard InChI is InChI=1S/2C8H7N.C3H8.2C2H6/c2*1-7-4-2-3-5-8(7)6-9;1-3-2;2*1-2/h2*2-5H,1H3;3H2,1-2H3;2*1-2H3. The summed E-state index contributed by atoms with van der Waals surface area (Å²) in [5, 5.41) is 16.9. The summed E-state index contributed by atoms with van der Waals surface area (Å²) in [7, 11) is 0. The van der Waals surface area contributed by atoms with E-state index in [4.69, 9.17) is 10.5 Å². The minimum atomic E-state index is 0.762. The molecule has 0 saturated heterocycles. The van der Waals surface area contributed by atoms with Crippen molar-refractivity contribution in [1.82, 2.24) is 0 Å². The molecule has 0 aliphatic heterocycles. The lowest BCUT2D eigenvalue weighted by atomic mass is 10.1. The fourth-order valence-corrected chi connectivity index (χ4v) is 1.40. The second-order valence-corrected chi connectivity index (χ2v) is 4.56. The number of benzene rings is 2. The first-order valence-corrected chi connectivity index (χ1v) is 9.02. The molecule has 0 unspecified atom stereocenters. The Morgan fingerprint density at radius 2 is 0.880 bits per heavy atom. The van der Waals surface area contributed by atoms with Crippen molar-refractivity contribution in [2.24, 2.45) is 0 Å². The van der Waals surface area contributed by atoms with Crippen LogP contribution in [-0.4, -0.2) is 0 Å². The van der Waals surface area contributed by atoms with Gasteiger partial charge in [0.2, 0.25) is 0 Å². The number of rotatable bonds is 0. The molecular formula is C23H34N2. The van der Waals surface area contributed by atoms with Crippen LogP contribution in [0.5, 0.6) is 0 Å². The maximum absolute atomic E-state index is 8.47. The predicted octanol–water partition coefficient (Wildman–Crippen LogP) is 7.20. The third kappa shape index (κ3) is 14.7. The highest BCUT2D eigenvalue weighted by Gasteiger charge is 1.90. The molecule has 2 nitrogen and oxygen atoms in total. The van der Waals surface area contributed by atoms with Crippen LogP contribution in [0.4, 0.5) is 0 Å². The molecule has 0 amide bonds. The van der Waals surface area contributed by atoms with Crippen LogP contribution in [0.2, 0.25) is 0 Å². The molecule has 0 fully saturated rings. The highest BCUT2D eigenvalue weighted by Crippen LogP contribution is 2.04. The highest BCUT2D eigenvalue weighted by molar-refractivity contribution is 5.36. The van der Waals surface area contributed by atoms with Gasteiger partial charge in [0.1, 0.15) is 0 Å². The van der Waals surface area contributed by atoms with Crippen LogP contribution in [0.15, 0.2) is 48.5 Å². The van der Waals surface area contributed by atoms with E-state index in [9.17, 15) is 0 Å². The molecule has 0 bridgehead atoms. The van der Waals surface area contributed by atoms with Gasteiger partial charge in [-0.2, -0.15) is 10.5 Å². The Balaban J connectivity index is -0.000000287. The van der Waals surface area contributed by atoms with Gasteiger partial charge in [-0.05, 0) is 37.1 Å². The zero-order chi connectivity index (χ0) is 20.1. The highest BCUT2D eigenvalue weighted by atomic mass is 14.2. The topological polar surface area (TPSA) is 47.6 Å². The molecule has 0 N–H and O–H groups in total. The Morgan fingerprint density at radius 3 is 1.04 bits per heavy atom. The maximum atomic E-state index is 8.47. The minimum absolute atomic E-state index is 0.762. The molecule has 2 heteroatoms. The molecule has 0 spiro atoms. The van der Waals surface area contributed by atoms with Gasteiger partial charge in [0.25, 0.3) is 0 Å². The number of hydrogen-bond donors (Lipinski definition) is 0. The van der Waals surface area contributed by atoms with E-state index in [2.05, 4.69) is 26.0 Å². The fourth-order valence-electron chi connectivity index (χ4n) is 1.40. The van der Waals surface area contributed by atoms with E-state index in [1.807, 2.05) is 90.1 Å². The summed E-state index contributed by atoms with van der Waals surface area (Å²) in [6.07, 6.45) is 1.25. The Kier molecular flexibility index (Phi) is 23.4. The van der Waals surface area contributed by atoms with E-state index in [0.717, 1.165) is 22.3 Å². The second kappa shape index (κ2) is 21.4. The Hall–Kier alpha value is -2.58. The molecule has 2 rings (SSSR count). The Labute approximate surface area is 155 Å². The van der Waals surface area contributed by atoms with Crippen molar-refractivity contribution in [2.75, 3.05) is 0 Å². The van der Waals surface area contributed by atoms with Crippen molar-refractivity contribution in [3.8, 4) is 12.1 Å². The number of nitriles is 2. The average molecular weight is 339 g/mol. The summed E-state index contributed by atoms with van der Waals surface area (Å²) in [6.45, 7) is 16.1. The SMILES string of the molecule is CC.CC.CCC.Cc1ccccc1C#N.Cc1ccccc1C#N. The van der Waals surface area contributed by atoms with Crippen molar-refractivity contribution in [3.05, 3.63) is 70.8 Å². The quantitative estimate of drug-likeness (QED) is 0.509. The van der Waals surface area contributed by atoms with E-state index in [1.165, 1.54) is 6.42 Å². The van der Waals surface area contributed by atoms with E-state index in [1.54, 1.807) is 0 Å². The third-order valence-corrected chi connectivity index (χ3v) is 2.53. The first kappa shape index (κ1) is 27.3. The number of nitrogens with zero attached hydrogens (tertiary/aromatic N) is 2. The van der Waals surface area contributed by atoms with E-state index in [0.29, 0.717) is 0 Å². The summed E-state index contributed by atoms with van der Waals surface area (Å²) in [6, 6.07) is 19.3. The normalized spacial score (nSPS) is 7.28. The van der Waals surface area contributed by atoms with Gasteiger partial charge in [0, 0.05) is 0 Å². The Morgan fingerprint density at radius 1 is 0.640 bits per heavy atom. The van der Waals surface area contributed by atoms with Crippen LogP contribution >= 0.6 is 0 Å². The van der Waals surface area contributed by atoms with Gasteiger partial charge in [0.15, 0.2) is 0 Å². The number of aryl methyl sites for hydroxylation is 2. The largest absolute Gasteiger partial charge is 0.192 e. The smallest absolute Gasteiger partial charge is 0.0994 e. The fraction of sp³-hybridized carbons (Fsp3) is 0.391. The lowest BCUT2D eigenvalue weighted by Gasteiger charge is -1.90. The first-order valence-electron chi connectivity index (χ1n) is 9.02. The lowest BCUT2D eigenvalue weighted by Crippen LogP contribution is -1.77. The molecule has 0 aromatic heterocycles. The molecule has 0 radical (unpaired) electrons. The molecule has 2 aromatic carbocycles. The first-order chi connectivity index (χ1) is 12.1. The van der Waals surface area contributed by atoms with E-state index >= 15 is 0 Å². The lowest BCUT2D eigenvalue weighted by molar-refractivity contribution is 1.09. The molecule has 0 saturated carbocycles. The van der Waals surface area contributed by atoms with Crippen molar-refractivity contribution in [3.63, 3.8) is 0 Å². The third-order valence-electron chi connectivity index (χ3n) is 2.53. The number of hydrogen-bond acceptors (Lipinski definition) is 2. The summed E-state index contributed by atoms with van der Waals surface area (Å²) < 4.78 is 0. The maximum Gasteiger partial charge on any atom is 0.0994 e. The van der Waals surface area contributed by atoms with Crippen LogP contribution in [0.25, 0.3) is 0 Å². The Bertz CT molecular complexity index is 561. The second-order valence-electron chi connectivity index (χ2n) is 4.56. The van der Waals surface area contributed by atoms with E-state index < -0.39 is 0 Å². The van der Waals surface area contributed by atoms with Crippen molar-refractivity contribution >= 4 is 0 Å². The van der Waals surface area contributed by atoms with Crippen LogP contribution in [0, 0.1) is 36.5 Å². The summed E-state index contributed by atoms with van der Waals surface area (Å²) in [4.78, 5) is 0. The van der Waals surface area contributed by atoms with Gasteiger partial charge in [-0.15, -0.1) is 0 Å². The molecule has 0 aliphatic rings. The molecule has 0 heterocycles. The van der Waals surface area contributed by atoms with Crippen LogP contribution in [0.1, 0.15) is 70.2 Å². The van der Waals surface area contributed by atoms with Crippen molar-refractivity contribution in [1.29, 1.82) is 10.5 Å².